The first-order valence-corrected chi connectivity index (χ1v) is 6.75. The zero-order valence-electron chi connectivity index (χ0n) is 10.7. The Labute approximate surface area is 110 Å². The molecule has 1 N–H and O–H groups in total. The van der Waals surface area contributed by atoms with Gasteiger partial charge >= 0.3 is 5.97 Å². The molecule has 0 aliphatic rings. The summed E-state index contributed by atoms with van der Waals surface area (Å²) in [6.45, 7) is 7.17. The summed E-state index contributed by atoms with van der Waals surface area (Å²) in [7, 11) is 0. The highest BCUT2D eigenvalue weighted by molar-refractivity contribution is 7.99. The predicted molar refractivity (Wildman–Crippen MR) is 66.5 cm³/mol. The van der Waals surface area contributed by atoms with Crippen LogP contribution in [-0.4, -0.2) is 50.2 Å². The van der Waals surface area contributed by atoms with Crippen molar-refractivity contribution in [3.63, 3.8) is 0 Å². The molecule has 0 fully saturated rings. The molecular formula is C10H18N4O3S. The molecule has 0 aliphatic carbocycles. The molecule has 0 bridgehead atoms. The summed E-state index contributed by atoms with van der Waals surface area (Å²) in [6, 6.07) is 0.0104. The van der Waals surface area contributed by atoms with Gasteiger partial charge < -0.3 is 9.84 Å². The van der Waals surface area contributed by atoms with Crippen LogP contribution >= 0.6 is 11.8 Å². The fourth-order valence-electron chi connectivity index (χ4n) is 1.40. The van der Waals surface area contributed by atoms with Crippen molar-refractivity contribution in [3.8, 4) is 0 Å². The van der Waals surface area contributed by atoms with Gasteiger partial charge in [0.15, 0.2) is 0 Å². The lowest BCUT2D eigenvalue weighted by Crippen LogP contribution is -2.23. The average molecular weight is 274 g/mol. The molecule has 0 aliphatic heterocycles. The first-order chi connectivity index (χ1) is 8.56. The van der Waals surface area contributed by atoms with Crippen molar-refractivity contribution in [2.75, 3.05) is 19.0 Å². The highest BCUT2D eigenvalue weighted by Crippen LogP contribution is 2.23. The van der Waals surface area contributed by atoms with Gasteiger partial charge in [-0.25, -0.2) is 4.68 Å². The lowest BCUT2D eigenvalue weighted by molar-refractivity contribution is -0.133. The molecule has 18 heavy (non-hydrogen) atoms. The van der Waals surface area contributed by atoms with Gasteiger partial charge in [0.2, 0.25) is 5.16 Å². The lowest BCUT2D eigenvalue weighted by Gasteiger charge is -2.21. The SMILES string of the molecule is CCOCC(C(C)C)n1nnnc1SCC(=O)O. The van der Waals surface area contributed by atoms with Crippen LogP contribution in [0.1, 0.15) is 26.8 Å². The second-order valence-corrected chi connectivity index (χ2v) is 5.00. The number of thioether (sulfide) groups is 1. The topological polar surface area (TPSA) is 90.1 Å². The van der Waals surface area contributed by atoms with Crippen LogP contribution in [0.4, 0.5) is 0 Å². The van der Waals surface area contributed by atoms with Gasteiger partial charge in [0.1, 0.15) is 0 Å². The Morgan fingerprint density at radius 2 is 2.28 bits per heavy atom. The van der Waals surface area contributed by atoms with E-state index in [2.05, 4.69) is 29.4 Å². The Balaban J connectivity index is 2.77. The minimum absolute atomic E-state index is 0.0104. The van der Waals surface area contributed by atoms with Crippen molar-refractivity contribution >= 4 is 17.7 Å². The van der Waals surface area contributed by atoms with Crippen LogP contribution in [0.3, 0.4) is 0 Å². The monoisotopic (exact) mass is 274 g/mol. The number of aromatic nitrogens is 4. The molecule has 1 unspecified atom stereocenters. The summed E-state index contributed by atoms with van der Waals surface area (Å²) in [6.07, 6.45) is 0. The van der Waals surface area contributed by atoms with E-state index >= 15 is 0 Å². The van der Waals surface area contributed by atoms with Crippen molar-refractivity contribution in [2.24, 2.45) is 5.92 Å². The smallest absolute Gasteiger partial charge is 0.313 e. The van der Waals surface area contributed by atoms with Crippen LogP contribution in [0.15, 0.2) is 5.16 Å². The number of hydrogen-bond acceptors (Lipinski definition) is 6. The summed E-state index contributed by atoms with van der Waals surface area (Å²) >= 11 is 1.11. The molecule has 0 radical (unpaired) electrons. The number of ether oxygens (including phenoxy) is 1. The average Bonchev–Trinajstić information content (AvgIpc) is 2.75. The van der Waals surface area contributed by atoms with Gasteiger partial charge in [0, 0.05) is 6.61 Å². The van der Waals surface area contributed by atoms with Crippen molar-refractivity contribution in [2.45, 2.75) is 32.0 Å². The maximum atomic E-state index is 10.6. The molecule has 1 atom stereocenters. The standard InChI is InChI=1S/C10H18N4O3S/c1-4-17-5-8(7(2)3)14-10(11-12-13-14)18-6-9(15)16/h7-8H,4-6H2,1-3H3,(H,15,16). The van der Waals surface area contributed by atoms with E-state index in [0.717, 1.165) is 11.8 Å². The number of nitrogens with zero attached hydrogens (tertiary/aromatic N) is 4. The Morgan fingerprint density at radius 1 is 1.56 bits per heavy atom. The summed E-state index contributed by atoms with van der Waals surface area (Å²) in [4.78, 5) is 10.6. The molecule has 0 aromatic carbocycles. The molecule has 8 heteroatoms. The second-order valence-electron chi connectivity index (χ2n) is 4.06. The highest BCUT2D eigenvalue weighted by Gasteiger charge is 2.21. The van der Waals surface area contributed by atoms with Crippen LogP contribution in [0.25, 0.3) is 0 Å². The molecule has 1 aromatic rings. The molecule has 1 rings (SSSR count). The lowest BCUT2D eigenvalue weighted by atomic mass is 10.1. The molecule has 1 aromatic heterocycles. The van der Waals surface area contributed by atoms with E-state index in [0.29, 0.717) is 24.3 Å². The van der Waals surface area contributed by atoms with Crippen LogP contribution in [0.5, 0.6) is 0 Å². The maximum Gasteiger partial charge on any atom is 0.313 e. The van der Waals surface area contributed by atoms with Gasteiger partial charge in [-0.05, 0) is 23.3 Å². The highest BCUT2D eigenvalue weighted by atomic mass is 32.2. The van der Waals surface area contributed by atoms with Crippen LogP contribution < -0.4 is 0 Å². The summed E-state index contributed by atoms with van der Waals surface area (Å²) < 4.78 is 7.07. The third kappa shape index (κ3) is 4.26. The number of tetrazole rings is 1. The third-order valence-electron chi connectivity index (χ3n) is 2.36. The van der Waals surface area contributed by atoms with Crippen molar-refractivity contribution < 1.29 is 14.6 Å². The summed E-state index contributed by atoms with van der Waals surface area (Å²) in [5.74, 6) is -0.649. The van der Waals surface area contributed by atoms with Crippen molar-refractivity contribution in [3.05, 3.63) is 0 Å². The summed E-state index contributed by atoms with van der Waals surface area (Å²) in [5.41, 5.74) is 0. The second kappa shape index (κ2) is 7.32. The molecule has 1 heterocycles. The van der Waals surface area contributed by atoms with E-state index in [4.69, 9.17) is 9.84 Å². The van der Waals surface area contributed by atoms with E-state index in [1.54, 1.807) is 4.68 Å². The number of carboxylic acids is 1. The Morgan fingerprint density at radius 3 is 2.83 bits per heavy atom. The van der Waals surface area contributed by atoms with E-state index in [1.165, 1.54) is 0 Å². The molecule has 0 amide bonds. The van der Waals surface area contributed by atoms with Gasteiger partial charge in [-0.1, -0.05) is 25.6 Å². The van der Waals surface area contributed by atoms with E-state index < -0.39 is 5.97 Å². The van der Waals surface area contributed by atoms with E-state index in [9.17, 15) is 4.79 Å². The fraction of sp³-hybridized carbons (Fsp3) is 0.800. The Hall–Kier alpha value is -1.15. The zero-order chi connectivity index (χ0) is 13.5. The molecule has 0 spiro atoms. The van der Waals surface area contributed by atoms with E-state index in [-0.39, 0.29) is 11.8 Å². The van der Waals surface area contributed by atoms with Crippen molar-refractivity contribution in [1.82, 2.24) is 20.2 Å². The van der Waals surface area contributed by atoms with Gasteiger partial charge in [0.05, 0.1) is 18.4 Å². The zero-order valence-corrected chi connectivity index (χ0v) is 11.6. The van der Waals surface area contributed by atoms with Crippen LogP contribution in [0.2, 0.25) is 0 Å². The number of rotatable bonds is 8. The molecule has 0 saturated heterocycles. The largest absolute Gasteiger partial charge is 0.481 e. The molecular weight excluding hydrogens is 256 g/mol. The Kier molecular flexibility index (Phi) is 6.06. The minimum Gasteiger partial charge on any atom is -0.481 e. The van der Waals surface area contributed by atoms with Gasteiger partial charge in [-0.15, -0.1) is 5.10 Å². The van der Waals surface area contributed by atoms with Gasteiger partial charge in [0.25, 0.3) is 0 Å². The first kappa shape index (κ1) is 14.9. The molecule has 102 valence electrons. The predicted octanol–water partition coefficient (Wildman–Crippen LogP) is 1.08. The minimum atomic E-state index is -0.888. The first-order valence-electron chi connectivity index (χ1n) is 5.76. The van der Waals surface area contributed by atoms with E-state index in [1.807, 2.05) is 6.92 Å². The number of carbonyl (C=O) groups is 1. The fourth-order valence-corrected chi connectivity index (χ4v) is 2.05. The summed E-state index contributed by atoms with van der Waals surface area (Å²) in [5, 5.41) is 20.6. The third-order valence-corrected chi connectivity index (χ3v) is 3.28. The molecule has 7 nitrogen and oxygen atoms in total. The molecule has 0 saturated carbocycles. The number of carboxylic acid groups (broad SMARTS) is 1. The normalized spacial score (nSPS) is 12.9. The Bertz CT molecular complexity index is 383. The number of aliphatic carboxylic acids is 1. The van der Waals surface area contributed by atoms with Gasteiger partial charge in [-0.3, -0.25) is 4.79 Å². The van der Waals surface area contributed by atoms with Crippen LogP contribution in [0, 0.1) is 5.92 Å². The quantitative estimate of drug-likeness (QED) is 0.709. The maximum absolute atomic E-state index is 10.6. The van der Waals surface area contributed by atoms with Gasteiger partial charge in [-0.2, -0.15) is 0 Å². The number of hydrogen-bond donors (Lipinski definition) is 1. The van der Waals surface area contributed by atoms with Crippen molar-refractivity contribution in [1.29, 1.82) is 0 Å². The van der Waals surface area contributed by atoms with Crippen LogP contribution in [-0.2, 0) is 9.53 Å².